The van der Waals surface area contributed by atoms with Crippen LogP contribution in [0.3, 0.4) is 0 Å². The minimum Gasteiger partial charge on any atom is -0.366 e. The molecule has 0 saturated heterocycles. The number of fused-ring (bicyclic) bond motifs is 1. The Balaban J connectivity index is 1.46. The first-order valence-electron chi connectivity index (χ1n) is 9.59. The van der Waals surface area contributed by atoms with E-state index in [1.165, 1.54) is 24.2 Å². The van der Waals surface area contributed by atoms with E-state index in [1.807, 2.05) is 18.2 Å². The standard InChI is InChI=1S/C23H17F3N4/c24-23(25,26)18-7-4-10-27-21(18)15-8-9-16-19(11-15)28-13-29-22(16)30-20-12-17(20)14-5-2-1-3-6-14/h1-11,13,17,20H,12H2,(H,28,29,30)/t17-,20+/m0/s1. The Morgan fingerprint density at radius 3 is 2.53 bits per heavy atom. The Hall–Kier alpha value is -3.48. The highest BCUT2D eigenvalue weighted by Gasteiger charge is 2.38. The molecule has 7 heteroatoms. The summed E-state index contributed by atoms with van der Waals surface area (Å²) < 4.78 is 40.1. The normalized spacial score (nSPS) is 18.4. The number of aromatic nitrogens is 3. The molecule has 2 atom stereocenters. The summed E-state index contributed by atoms with van der Waals surface area (Å²) in [6, 6.07) is 17.9. The molecule has 1 N–H and O–H groups in total. The van der Waals surface area contributed by atoms with Gasteiger partial charge in [0, 0.05) is 29.1 Å². The summed E-state index contributed by atoms with van der Waals surface area (Å²) in [5.41, 5.74) is 1.35. The van der Waals surface area contributed by atoms with E-state index < -0.39 is 11.7 Å². The minimum atomic E-state index is -4.48. The molecule has 2 heterocycles. The second kappa shape index (κ2) is 7.09. The van der Waals surface area contributed by atoms with Crippen molar-refractivity contribution in [2.24, 2.45) is 0 Å². The van der Waals surface area contributed by atoms with E-state index in [0.29, 0.717) is 22.8 Å². The Morgan fingerprint density at radius 1 is 0.900 bits per heavy atom. The van der Waals surface area contributed by atoms with Crippen LogP contribution < -0.4 is 5.32 Å². The first kappa shape index (κ1) is 18.5. The highest BCUT2D eigenvalue weighted by atomic mass is 19.4. The molecule has 30 heavy (non-hydrogen) atoms. The van der Waals surface area contributed by atoms with E-state index in [2.05, 4.69) is 32.4 Å². The predicted octanol–water partition coefficient (Wildman–Crippen LogP) is 5.68. The number of alkyl halides is 3. The van der Waals surface area contributed by atoms with Gasteiger partial charge in [0.25, 0.3) is 0 Å². The second-order valence-electron chi connectivity index (χ2n) is 7.36. The lowest BCUT2D eigenvalue weighted by molar-refractivity contribution is -0.137. The molecule has 1 aliphatic rings. The third-order valence-electron chi connectivity index (χ3n) is 5.36. The number of hydrogen-bond acceptors (Lipinski definition) is 4. The smallest absolute Gasteiger partial charge is 0.366 e. The summed E-state index contributed by atoms with van der Waals surface area (Å²) in [5, 5.41) is 4.22. The minimum absolute atomic E-state index is 0.105. The number of benzene rings is 2. The van der Waals surface area contributed by atoms with E-state index >= 15 is 0 Å². The molecule has 4 nitrogen and oxygen atoms in total. The number of hydrogen-bond donors (Lipinski definition) is 1. The van der Waals surface area contributed by atoms with Gasteiger partial charge in [0.2, 0.25) is 0 Å². The maximum absolute atomic E-state index is 13.4. The van der Waals surface area contributed by atoms with Gasteiger partial charge < -0.3 is 5.32 Å². The van der Waals surface area contributed by atoms with Gasteiger partial charge in [-0.1, -0.05) is 36.4 Å². The van der Waals surface area contributed by atoms with Crippen molar-refractivity contribution in [2.75, 3.05) is 5.32 Å². The van der Waals surface area contributed by atoms with E-state index in [-0.39, 0.29) is 11.7 Å². The van der Waals surface area contributed by atoms with Crippen LogP contribution in [0.1, 0.15) is 23.5 Å². The lowest BCUT2D eigenvalue weighted by Crippen LogP contribution is -2.08. The van der Waals surface area contributed by atoms with Crippen molar-refractivity contribution in [1.82, 2.24) is 15.0 Å². The molecule has 2 aromatic heterocycles. The van der Waals surface area contributed by atoms with Crippen molar-refractivity contribution < 1.29 is 13.2 Å². The zero-order chi connectivity index (χ0) is 20.7. The summed E-state index contributed by atoms with van der Waals surface area (Å²) >= 11 is 0. The van der Waals surface area contributed by atoms with Gasteiger partial charge in [0.1, 0.15) is 12.1 Å². The number of anilines is 1. The van der Waals surface area contributed by atoms with Gasteiger partial charge >= 0.3 is 6.18 Å². The third kappa shape index (κ3) is 3.47. The largest absolute Gasteiger partial charge is 0.418 e. The first-order chi connectivity index (χ1) is 14.5. The Labute approximate surface area is 170 Å². The van der Waals surface area contributed by atoms with Gasteiger partial charge in [-0.15, -0.1) is 0 Å². The van der Waals surface area contributed by atoms with Crippen LogP contribution in [-0.2, 0) is 6.18 Å². The lowest BCUT2D eigenvalue weighted by Gasteiger charge is -2.13. The fourth-order valence-corrected chi connectivity index (χ4v) is 3.78. The molecular weight excluding hydrogens is 389 g/mol. The van der Waals surface area contributed by atoms with E-state index in [0.717, 1.165) is 17.9 Å². The number of nitrogens with one attached hydrogen (secondary N) is 1. The van der Waals surface area contributed by atoms with Crippen molar-refractivity contribution in [3.63, 3.8) is 0 Å². The molecule has 5 rings (SSSR count). The fraction of sp³-hybridized carbons (Fsp3) is 0.174. The molecule has 0 spiro atoms. The van der Waals surface area contributed by atoms with Crippen LogP contribution in [0.4, 0.5) is 19.0 Å². The highest BCUT2D eigenvalue weighted by molar-refractivity contribution is 5.92. The predicted molar refractivity (Wildman–Crippen MR) is 109 cm³/mol. The van der Waals surface area contributed by atoms with Crippen molar-refractivity contribution in [3.05, 3.63) is 84.3 Å². The first-order valence-corrected chi connectivity index (χ1v) is 9.59. The third-order valence-corrected chi connectivity index (χ3v) is 5.36. The van der Waals surface area contributed by atoms with Crippen LogP contribution in [0.5, 0.6) is 0 Å². The molecule has 0 unspecified atom stereocenters. The zero-order valence-corrected chi connectivity index (χ0v) is 15.8. The van der Waals surface area contributed by atoms with Crippen molar-refractivity contribution in [1.29, 1.82) is 0 Å². The fourth-order valence-electron chi connectivity index (χ4n) is 3.78. The Morgan fingerprint density at radius 2 is 1.73 bits per heavy atom. The topological polar surface area (TPSA) is 50.7 Å². The quantitative estimate of drug-likeness (QED) is 0.474. The molecular formula is C23H17F3N4. The van der Waals surface area contributed by atoms with Crippen molar-refractivity contribution in [2.45, 2.75) is 24.6 Å². The van der Waals surface area contributed by atoms with E-state index in [4.69, 9.17) is 0 Å². The highest BCUT2D eigenvalue weighted by Crippen LogP contribution is 2.43. The van der Waals surface area contributed by atoms with Crippen LogP contribution in [0.2, 0.25) is 0 Å². The Bertz CT molecular complexity index is 1210. The van der Waals surface area contributed by atoms with Gasteiger partial charge in [-0.05, 0) is 36.2 Å². The average molecular weight is 406 g/mol. The number of nitrogens with zero attached hydrogens (tertiary/aromatic N) is 3. The molecule has 1 fully saturated rings. The van der Waals surface area contributed by atoms with Crippen LogP contribution in [-0.4, -0.2) is 21.0 Å². The zero-order valence-electron chi connectivity index (χ0n) is 15.8. The molecule has 150 valence electrons. The average Bonchev–Trinajstić information content (AvgIpc) is 3.53. The van der Waals surface area contributed by atoms with Gasteiger partial charge in [-0.3, -0.25) is 4.98 Å². The molecule has 4 aromatic rings. The van der Waals surface area contributed by atoms with Crippen molar-refractivity contribution in [3.8, 4) is 11.3 Å². The Kier molecular flexibility index (Phi) is 4.38. The van der Waals surface area contributed by atoms with Crippen LogP contribution >= 0.6 is 0 Å². The second-order valence-corrected chi connectivity index (χ2v) is 7.36. The van der Waals surface area contributed by atoms with E-state index in [1.54, 1.807) is 18.2 Å². The summed E-state index contributed by atoms with van der Waals surface area (Å²) in [6.07, 6.45) is -0.679. The monoisotopic (exact) mass is 406 g/mol. The number of pyridine rings is 1. The van der Waals surface area contributed by atoms with Crippen LogP contribution in [0.25, 0.3) is 22.2 Å². The number of rotatable bonds is 4. The van der Waals surface area contributed by atoms with Crippen LogP contribution in [0.15, 0.2) is 73.2 Å². The summed E-state index contributed by atoms with van der Waals surface area (Å²) in [6.45, 7) is 0. The summed E-state index contributed by atoms with van der Waals surface area (Å²) in [7, 11) is 0. The van der Waals surface area contributed by atoms with E-state index in [9.17, 15) is 13.2 Å². The molecule has 0 bridgehead atoms. The van der Waals surface area contributed by atoms with Gasteiger partial charge in [0.05, 0.1) is 16.8 Å². The molecule has 1 aliphatic carbocycles. The molecule has 0 amide bonds. The maximum atomic E-state index is 13.4. The van der Waals surface area contributed by atoms with Gasteiger partial charge in [-0.25, -0.2) is 9.97 Å². The lowest BCUT2D eigenvalue weighted by atomic mass is 10.0. The van der Waals surface area contributed by atoms with Crippen molar-refractivity contribution >= 4 is 16.7 Å². The SMILES string of the molecule is FC(F)(F)c1cccnc1-c1ccc2c(N[C@@H]3C[C@H]3c3ccccc3)ncnc2c1. The molecule has 0 aliphatic heterocycles. The maximum Gasteiger partial charge on any atom is 0.418 e. The van der Waals surface area contributed by atoms with Gasteiger partial charge in [-0.2, -0.15) is 13.2 Å². The number of halogens is 3. The molecule has 2 aromatic carbocycles. The van der Waals surface area contributed by atoms with Crippen LogP contribution in [0, 0.1) is 0 Å². The molecule has 0 radical (unpaired) electrons. The summed E-state index contributed by atoms with van der Waals surface area (Å²) in [4.78, 5) is 12.6. The summed E-state index contributed by atoms with van der Waals surface area (Å²) in [5.74, 6) is 1.12. The van der Waals surface area contributed by atoms with Gasteiger partial charge in [0.15, 0.2) is 0 Å². The molecule has 1 saturated carbocycles.